The van der Waals surface area contributed by atoms with Gasteiger partial charge in [-0.2, -0.15) is 0 Å². The van der Waals surface area contributed by atoms with Gasteiger partial charge in [0.2, 0.25) is 0 Å². The summed E-state index contributed by atoms with van der Waals surface area (Å²) < 4.78 is 6.30. The number of hydrogen-bond acceptors (Lipinski definition) is 4. The van der Waals surface area contributed by atoms with E-state index in [0.717, 1.165) is 26.6 Å². The number of aromatic hydroxyl groups is 1. The standard InChI is InChI=1S/C18H15BrN2O2/c1-2-23-17-8-5-12(10-16(17)22)11-21-15-7-6-14(19)13-4-3-9-20-18(13)15/h3-11,22H,2H2,1H3. The molecular formula is C18H15BrN2O2. The van der Waals surface area contributed by atoms with Crippen molar-refractivity contribution in [2.75, 3.05) is 6.61 Å². The number of rotatable bonds is 4. The predicted octanol–water partition coefficient (Wildman–Crippen LogP) is 4.85. The van der Waals surface area contributed by atoms with Gasteiger partial charge in [0.1, 0.15) is 0 Å². The fourth-order valence-electron chi connectivity index (χ4n) is 2.26. The number of pyridine rings is 1. The quantitative estimate of drug-likeness (QED) is 0.667. The minimum Gasteiger partial charge on any atom is -0.504 e. The molecule has 0 bridgehead atoms. The Hall–Kier alpha value is -2.40. The molecule has 0 aliphatic heterocycles. The molecule has 3 aromatic rings. The van der Waals surface area contributed by atoms with E-state index in [1.165, 1.54) is 0 Å². The van der Waals surface area contributed by atoms with Crippen LogP contribution < -0.4 is 4.74 Å². The largest absolute Gasteiger partial charge is 0.504 e. The van der Waals surface area contributed by atoms with E-state index in [1.54, 1.807) is 24.5 Å². The zero-order valence-corrected chi connectivity index (χ0v) is 14.1. The number of nitrogens with zero attached hydrogens (tertiary/aromatic N) is 2. The first-order valence-corrected chi connectivity index (χ1v) is 8.01. The van der Waals surface area contributed by atoms with Gasteiger partial charge in [0.15, 0.2) is 11.5 Å². The number of ether oxygens (including phenoxy) is 1. The van der Waals surface area contributed by atoms with Crippen LogP contribution in [0.1, 0.15) is 12.5 Å². The fourth-order valence-corrected chi connectivity index (χ4v) is 2.72. The van der Waals surface area contributed by atoms with E-state index in [4.69, 9.17) is 4.74 Å². The fraction of sp³-hybridized carbons (Fsp3) is 0.111. The summed E-state index contributed by atoms with van der Waals surface area (Å²) in [7, 11) is 0. The van der Waals surface area contributed by atoms with Gasteiger partial charge >= 0.3 is 0 Å². The number of phenols is 1. The first-order chi connectivity index (χ1) is 11.2. The van der Waals surface area contributed by atoms with Crippen LogP contribution in [0.2, 0.25) is 0 Å². The van der Waals surface area contributed by atoms with Gasteiger partial charge in [-0.25, -0.2) is 0 Å². The second-order valence-electron chi connectivity index (χ2n) is 4.88. The second-order valence-corrected chi connectivity index (χ2v) is 5.74. The average molecular weight is 371 g/mol. The summed E-state index contributed by atoms with van der Waals surface area (Å²) in [5, 5.41) is 10.9. The van der Waals surface area contributed by atoms with Gasteiger partial charge in [0.05, 0.1) is 17.8 Å². The van der Waals surface area contributed by atoms with Crippen LogP contribution in [0.4, 0.5) is 5.69 Å². The summed E-state index contributed by atoms with van der Waals surface area (Å²) in [6.45, 7) is 2.39. The Bertz CT molecular complexity index is 878. The highest BCUT2D eigenvalue weighted by Gasteiger charge is 2.05. The van der Waals surface area contributed by atoms with Crippen molar-refractivity contribution < 1.29 is 9.84 Å². The van der Waals surface area contributed by atoms with E-state index in [-0.39, 0.29) is 5.75 Å². The van der Waals surface area contributed by atoms with E-state index in [0.29, 0.717) is 12.4 Å². The van der Waals surface area contributed by atoms with Crippen LogP contribution >= 0.6 is 15.9 Å². The van der Waals surface area contributed by atoms with Crippen LogP contribution in [-0.4, -0.2) is 22.9 Å². The van der Waals surface area contributed by atoms with Gasteiger partial charge in [0.25, 0.3) is 0 Å². The Morgan fingerprint density at radius 1 is 1.26 bits per heavy atom. The summed E-state index contributed by atoms with van der Waals surface area (Å²) >= 11 is 3.52. The van der Waals surface area contributed by atoms with Crippen molar-refractivity contribution in [1.82, 2.24) is 4.98 Å². The lowest BCUT2D eigenvalue weighted by Crippen LogP contribution is -1.92. The van der Waals surface area contributed by atoms with Crippen molar-refractivity contribution in [3.8, 4) is 11.5 Å². The van der Waals surface area contributed by atoms with Crippen LogP contribution in [0, 0.1) is 0 Å². The molecule has 0 saturated carbocycles. The molecule has 0 aliphatic carbocycles. The summed E-state index contributed by atoms with van der Waals surface area (Å²) in [4.78, 5) is 8.90. The van der Waals surface area contributed by atoms with E-state index in [9.17, 15) is 5.11 Å². The Kier molecular flexibility index (Phi) is 4.57. The molecule has 116 valence electrons. The molecule has 0 aliphatic rings. The predicted molar refractivity (Wildman–Crippen MR) is 96.0 cm³/mol. The van der Waals surface area contributed by atoms with Crippen molar-refractivity contribution in [3.05, 3.63) is 58.7 Å². The molecule has 0 spiro atoms. The van der Waals surface area contributed by atoms with Crippen LogP contribution in [0.5, 0.6) is 11.5 Å². The third kappa shape index (κ3) is 3.35. The summed E-state index contributed by atoms with van der Waals surface area (Å²) in [6, 6.07) is 13.0. The number of aromatic nitrogens is 1. The lowest BCUT2D eigenvalue weighted by molar-refractivity contribution is 0.318. The Labute approximate surface area is 142 Å². The van der Waals surface area contributed by atoms with Crippen molar-refractivity contribution in [3.63, 3.8) is 0 Å². The Morgan fingerprint density at radius 2 is 2.13 bits per heavy atom. The highest BCUT2D eigenvalue weighted by atomic mass is 79.9. The Balaban J connectivity index is 1.94. The number of hydrogen-bond donors (Lipinski definition) is 1. The number of phenolic OH excluding ortho intramolecular Hbond substituents is 1. The minimum absolute atomic E-state index is 0.106. The zero-order chi connectivity index (χ0) is 16.2. The molecule has 1 aromatic heterocycles. The topological polar surface area (TPSA) is 54.7 Å². The molecule has 1 N–H and O–H groups in total. The Morgan fingerprint density at radius 3 is 2.91 bits per heavy atom. The maximum absolute atomic E-state index is 9.92. The highest BCUT2D eigenvalue weighted by molar-refractivity contribution is 9.10. The maximum Gasteiger partial charge on any atom is 0.160 e. The summed E-state index contributed by atoms with van der Waals surface area (Å²) in [6.07, 6.45) is 3.45. The number of benzene rings is 2. The first-order valence-electron chi connectivity index (χ1n) is 7.22. The lowest BCUT2D eigenvalue weighted by atomic mass is 10.2. The molecule has 0 atom stereocenters. The lowest BCUT2D eigenvalue weighted by Gasteiger charge is -2.06. The molecule has 4 nitrogen and oxygen atoms in total. The first kappa shape index (κ1) is 15.5. The smallest absolute Gasteiger partial charge is 0.160 e. The number of fused-ring (bicyclic) bond motifs is 1. The molecule has 0 amide bonds. The zero-order valence-electron chi connectivity index (χ0n) is 12.5. The number of aliphatic imine (C=N–C) groups is 1. The van der Waals surface area contributed by atoms with Crippen molar-refractivity contribution >= 4 is 38.7 Å². The third-order valence-corrected chi connectivity index (χ3v) is 4.02. The van der Waals surface area contributed by atoms with Crippen molar-refractivity contribution in [2.45, 2.75) is 6.92 Å². The molecular weight excluding hydrogens is 356 g/mol. The monoisotopic (exact) mass is 370 g/mol. The van der Waals surface area contributed by atoms with Gasteiger partial charge in [-0.3, -0.25) is 9.98 Å². The van der Waals surface area contributed by atoms with Crippen molar-refractivity contribution in [1.29, 1.82) is 0 Å². The van der Waals surface area contributed by atoms with Gasteiger partial charge in [0, 0.05) is 22.3 Å². The van der Waals surface area contributed by atoms with Gasteiger partial charge < -0.3 is 9.84 Å². The molecule has 3 rings (SSSR count). The molecule has 5 heteroatoms. The molecule has 23 heavy (non-hydrogen) atoms. The molecule has 0 fully saturated rings. The molecule has 0 radical (unpaired) electrons. The van der Waals surface area contributed by atoms with E-state index in [2.05, 4.69) is 25.9 Å². The SMILES string of the molecule is CCOc1ccc(C=Nc2ccc(Br)c3cccnc23)cc1O. The van der Waals surface area contributed by atoms with Gasteiger partial charge in [-0.1, -0.05) is 22.0 Å². The van der Waals surface area contributed by atoms with Crippen LogP contribution in [0.15, 0.2) is 58.1 Å². The molecule has 0 unspecified atom stereocenters. The van der Waals surface area contributed by atoms with Gasteiger partial charge in [-0.05, 0) is 48.9 Å². The normalized spacial score (nSPS) is 11.2. The van der Waals surface area contributed by atoms with Crippen LogP contribution in [0.3, 0.4) is 0 Å². The van der Waals surface area contributed by atoms with Crippen LogP contribution in [-0.2, 0) is 0 Å². The molecule has 1 heterocycles. The average Bonchev–Trinajstić information content (AvgIpc) is 2.57. The highest BCUT2D eigenvalue weighted by Crippen LogP contribution is 2.30. The van der Waals surface area contributed by atoms with E-state index in [1.807, 2.05) is 37.3 Å². The summed E-state index contributed by atoms with van der Waals surface area (Å²) in [5.74, 6) is 0.579. The molecule has 2 aromatic carbocycles. The minimum atomic E-state index is 0.106. The number of halogens is 1. The van der Waals surface area contributed by atoms with E-state index >= 15 is 0 Å². The molecule has 0 saturated heterocycles. The summed E-state index contributed by atoms with van der Waals surface area (Å²) in [5.41, 5.74) is 2.39. The second kappa shape index (κ2) is 6.79. The van der Waals surface area contributed by atoms with E-state index < -0.39 is 0 Å². The van der Waals surface area contributed by atoms with Gasteiger partial charge in [-0.15, -0.1) is 0 Å². The van der Waals surface area contributed by atoms with Crippen LogP contribution in [0.25, 0.3) is 10.9 Å². The maximum atomic E-state index is 9.92. The van der Waals surface area contributed by atoms with Crippen molar-refractivity contribution in [2.24, 2.45) is 4.99 Å². The third-order valence-electron chi connectivity index (χ3n) is 3.33.